The van der Waals surface area contributed by atoms with Crippen molar-refractivity contribution in [2.45, 2.75) is 31.6 Å². The van der Waals surface area contributed by atoms with E-state index in [4.69, 9.17) is 4.74 Å². The molecule has 31 heavy (non-hydrogen) atoms. The fourth-order valence-corrected chi connectivity index (χ4v) is 3.91. The topological polar surface area (TPSA) is 102 Å². The molecule has 0 fully saturated rings. The van der Waals surface area contributed by atoms with Crippen LogP contribution >= 0.6 is 0 Å². The summed E-state index contributed by atoms with van der Waals surface area (Å²) in [4.78, 5) is 23.9. The van der Waals surface area contributed by atoms with E-state index < -0.39 is 39.2 Å². The summed E-state index contributed by atoms with van der Waals surface area (Å²) in [6.07, 6.45) is 1.30. The van der Waals surface area contributed by atoms with E-state index in [0.717, 1.165) is 29.3 Å². The summed E-state index contributed by atoms with van der Waals surface area (Å²) in [7, 11) is -4.18. The maximum Gasteiger partial charge on any atom is 0.338 e. The van der Waals surface area contributed by atoms with E-state index in [1.54, 1.807) is 0 Å². The molecule has 0 radical (unpaired) electrons. The molecular formula is C22H25FN2O5S. The van der Waals surface area contributed by atoms with Crippen LogP contribution in [0.15, 0.2) is 53.9 Å². The highest BCUT2D eigenvalue weighted by Crippen LogP contribution is 2.27. The summed E-state index contributed by atoms with van der Waals surface area (Å²) in [5, 5.41) is 2.74. The van der Waals surface area contributed by atoms with Crippen LogP contribution in [0.25, 0.3) is 0 Å². The number of ether oxygens (including phenoxy) is 1. The molecule has 2 aromatic carbocycles. The predicted molar refractivity (Wildman–Crippen MR) is 116 cm³/mol. The van der Waals surface area contributed by atoms with Crippen LogP contribution in [0, 0.1) is 12.7 Å². The van der Waals surface area contributed by atoms with Crippen molar-refractivity contribution in [1.29, 1.82) is 0 Å². The number of benzene rings is 2. The van der Waals surface area contributed by atoms with Gasteiger partial charge in [0.2, 0.25) is 10.0 Å². The summed E-state index contributed by atoms with van der Waals surface area (Å²) < 4.78 is 45.4. The van der Waals surface area contributed by atoms with Crippen LogP contribution in [0.5, 0.6) is 0 Å². The molecule has 0 unspecified atom stereocenters. The molecule has 0 aromatic heterocycles. The molecule has 0 aliphatic carbocycles. The van der Waals surface area contributed by atoms with Crippen LogP contribution < -0.4 is 10.0 Å². The zero-order chi connectivity index (χ0) is 23.2. The zero-order valence-corrected chi connectivity index (χ0v) is 18.4. The molecule has 7 nitrogen and oxygen atoms in total. The number of anilines is 1. The fraction of sp³-hybridized carbons (Fsp3) is 0.273. The molecule has 0 spiro atoms. The maximum atomic E-state index is 14.0. The molecular weight excluding hydrogens is 423 g/mol. The Kier molecular flexibility index (Phi) is 8.07. The lowest BCUT2D eigenvalue weighted by molar-refractivity contribution is -0.119. The minimum absolute atomic E-state index is 0.103. The lowest BCUT2D eigenvalue weighted by atomic mass is 9.98. The van der Waals surface area contributed by atoms with Crippen LogP contribution in [0.4, 0.5) is 10.1 Å². The molecule has 0 heterocycles. The first-order valence-electron chi connectivity index (χ1n) is 9.53. The Bertz CT molecular complexity index is 1100. The third kappa shape index (κ3) is 6.22. The van der Waals surface area contributed by atoms with Crippen molar-refractivity contribution in [1.82, 2.24) is 4.72 Å². The van der Waals surface area contributed by atoms with Gasteiger partial charge in [-0.1, -0.05) is 38.1 Å². The highest BCUT2D eigenvalue weighted by molar-refractivity contribution is 7.89. The van der Waals surface area contributed by atoms with Crippen LogP contribution in [-0.4, -0.2) is 33.4 Å². The second-order valence-corrected chi connectivity index (χ2v) is 8.84. The Labute approximate surface area is 181 Å². The molecule has 0 atom stereocenters. The SMILES string of the molecule is C=CCNS(=O)(=O)c1cc(C(=O)OCC(=O)Nc2c(C)cccc2C(C)C)ccc1F. The van der Waals surface area contributed by atoms with Gasteiger partial charge in [0.1, 0.15) is 10.7 Å². The van der Waals surface area contributed by atoms with Gasteiger partial charge in [0.15, 0.2) is 6.61 Å². The normalized spacial score (nSPS) is 11.3. The van der Waals surface area contributed by atoms with Crippen LogP contribution in [-0.2, 0) is 19.6 Å². The van der Waals surface area contributed by atoms with Gasteiger partial charge >= 0.3 is 5.97 Å². The second kappa shape index (κ2) is 10.3. The zero-order valence-electron chi connectivity index (χ0n) is 17.6. The van der Waals surface area contributed by atoms with Gasteiger partial charge in [-0.15, -0.1) is 6.58 Å². The van der Waals surface area contributed by atoms with Gasteiger partial charge in [-0.2, -0.15) is 0 Å². The molecule has 0 aliphatic rings. The average molecular weight is 449 g/mol. The smallest absolute Gasteiger partial charge is 0.338 e. The summed E-state index contributed by atoms with van der Waals surface area (Å²) in [6.45, 7) is 8.54. The molecule has 2 rings (SSSR count). The second-order valence-electron chi connectivity index (χ2n) is 7.10. The van der Waals surface area contributed by atoms with Crippen molar-refractivity contribution < 1.29 is 27.1 Å². The fourth-order valence-electron chi connectivity index (χ4n) is 2.81. The van der Waals surface area contributed by atoms with E-state index >= 15 is 0 Å². The molecule has 1 amide bonds. The van der Waals surface area contributed by atoms with Gasteiger partial charge < -0.3 is 10.1 Å². The Morgan fingerprint density at radius 1 is 1.23 bits per heavy atom. The molecule has 0 saturated carbocycles. The average Bonchev–Trinajstić information content (AvgIpc) is 2.72. The minimum Gasteiger partial charge on any atom is -0.452 e. The molecule has 0 aliphatic heterocycles. The Balaban J connectivity index is 2.11. The summed E-state index contributed by atoms with van der Waals surface area (Å²) in [5.41, 5.74) is 2.26. The number of esters is 1. The number of carbonyl (C=O) groups excluding carboxylic acids is 2. The van der Waals surface area contributed by atoms with E-state index in [1.165, 1.54) is 6.08 Å². The van der Waals surface area contributed by atoms with E-state index in [9.17, 15) is 22.4 Å². The van der Waals surface area contributed by atoms with E-state index in [-0.39, 0.29) is 18.0 Å². The van der Waals surface area contributed by atoms with Crippen molar-refractivity contribution in [3.63, 3.8) is 0 Å². The van der Waals surface area contributed by atoms with Crippen molar-refractivity contribution in [2.75, 3.05) is 18.5 Å². The number of halogens is 1. The summed E-state index contributed by atoms with van der Waals surface area (Å²) >= 11 is 0. The predicted octanol–water partition coefficient (Wildman–Crippen LogP) is 3.52. The van der Waals surface area contributed by atoms with E-state index in [2.05, 4.69) is 16.6 Å². The largest absolute Gasteiger partial charge is 0.452 e. The van der Waals surface area contributed by atoms with Crippen molar-refractivity contribution in [3.8, 4) is 0 Å². The van der Waals surface area contributed by atoms with Crippen molar-refractivity contribution >= 4 is 27.6 Å². The number of nitrogens with one attached hydrogen (secondary N) is 2. The third-order valence-corrected chi connectivity index (χ3v) is 5.84. The first kappa shape index (κ1) is 24.2. The van der Waals surface area contributed by atoms with Crippen LogP contribution in [0.1, 0.15) is 41.3 Å². The molecule has 2 N–H and O–H groups in total. The molecule has 0 saturated heterocycles. The summed E-state index contributed by atoms with van der Waals surface area (Å²) in [5.74, 6) is -2.35. The van der Waals surface area contributed by atoms with Gasteiger partial charge in [0.25, 0.3) is 5.91 Å². The highest BCUT2D eigenvalue weighted by Gasteiger charge is 2.21. The number of hydrogen-bond donors (Lipinski definition) is 2. The van der Waals surface area contributed by atoms with Crippen LogP contribution in [0.2, 0.25) is 0 Å². The Morgan fingerprint density at radius 3 is 2.58 bits per heavy atom. The lowest BCUT2D eigenvalue weighted by Gasteiger charge is -2.16. The molecule has 0 bridgehead atoms. The Hall–Kier alpha value is -3.04. The number of rotatable bonds is 9. The van der Waals surface area contributed by atoms with Gasteiger partial charge in [0, 0.05) is 12.2 Å². The number of carbonyl (C=O) groups is 2. The number of sulfonamides is 1. The van der Waals surface area contributed by atoms with Gasteiger partial charge in [-0.3, -0.25) is 4.79 Å². The highest BCUT2D eigenvalue weighted by atomic mass is 32.2. The van der Waals surface area contributed by atoms with Crippen molar-refractivity contribution in [2.24, 2.45) is 0 Å². The first-order chi connectivity index (χ1) is 14.6. The van der Waals surface area contributed by atoms with Gasteiger partial charge in [-0.25, -0.2) is 22.3 Å². The van der Waals surface area contributed by atoms with Gasteiger partial charge in [0.05, 0.1) is 5.56 Å². The van der Waals surface area contributed by atoms with E-state index in [1.807, 2.05) is 39.0 Å². The molecule has 9 heteroatoms. The number of aryl methyl sites for hydroxylation is 1. The lowest BCUT2D eigenvalue weighted by Crippen LogP contribution is -2.25. The first-order valence-corrected chi connectivity index (χ1v) is 11.0. The summed E-state index contributed by atoms with van der Waals surface area (Å²) in [6, 6.07) is 8.44. The third-order valence-electron chi connectivity index (χ3n) is 4.40. The quantitative estimate of drug-likeness (QED) is 0.452. The Morgan fingerprint density at radius 2 is 1.94 bits per heavy atom. The molecule has 166 valence electrons. The number of hydrogen-bond acceptors (Lipinski definition) is 5. The monoisotopic (exact) mass is 448 g/mol. The molecule has 2 aromatic rings. The van der Waals surface area contributed by atoms with Crippen molar-refractivity contribution in [3.05, 3.63) is 71.6 Å². The van der Waals surface area contributed by atoms with Crippen LogP contribution in [0.3, 0.4) is 0 Å². The number of para-hydroxylation sites is 1. The minimum atomic E-state index is -4.18. The number of amides is 1. The standard InChI is InChI=1S/C22H25FN2O5S/c1-5-11-24-31(28,29)19-12-16(9-10-18(19)23)22(27)30-13-20(26)25-21-15(4)7-6-8-17(21)14(2)3/h5-10,12,14,24H,1,11,13H2,2-4H3,(H,25,26). The maximum absolute atomic E-state index is 14.0. The van der Waals surface area contributed by atoms with Gasteiger partial charge in [-0.05, 0) is 42.2 Å². The van der Waals surface area contributed by atoms with E-state index in [0.29, 0.717) is 5.69 Å².